The summed E-state index contributed by atoms with van der Waals surface area (Å²) >= 11 is 0. The van der Waals surface area contributed by atoms with Gasteiger partial charge in [0, 0.05) is 29.6 Å². The summed E-state index contributed by atoms with van der Waals surface area (Å²) in [6, 6.07) is 3.53. The lowest BCUT2D eigenvalue weighted by Crippen LogP contribution is -2.42. The Kier molecular flexibility index (Phi) is 4.37. The maximum absolute atomic E-state index is 14.2. The third-order valence-corrected chi connectivity index (χ3v) is 5.12. The highest BCUT2D eigenvalue weighted by molar-refractivity contribution is 6.11. The molecule has 2 heterocycles. The summed E-state index contributed by atoms with van der Waals surface area (Å²) in [5, 5.41) is 2.38. The Balaban J connectivity index is 1.91. The number of benzene rings is 1. The number of nitrogens with zero attached hydrogens (tertiary/aromatic N) is 2. The zero-order valence-corrected chi connectivity index (χ0v) is 15.4. The fourth-order valence-electron chi connectivity index (χ4n) is 3.27. The summed E-state index contributed by atoms with van der Waals surface area (Å²) in [7, 11) is 1.80. The first kappa shape index (κ1) is 18.8. The number of amides is 3. The lowest BCUT2D eigenvalue weighted by atomic mass is 9.91. The largest absolute Gasteiger partial charge is 0.351 e. The van der Waals surface area contributed by atoms with Gasteiger partial charge in [-0.15, -0.1) is 0 Å². The SMILES string of the molecule is Cc1cc(C(=O)CN2C(=O)N[C@](C)(c3cc(F)ccc3F)C2=O)c(C)n1C. The molecule has 1 aromatic heterocycles. The molecule has 1 fully saturated rings. The second kappa shape index (κ2) is 6.29. The van der Waals surface area contributed by atoms with Crippen molar-refractivity contribution in [2.75, 3.05) is 6.54 Å². The molecule has 1 N–H and O–H groups in total. The molecule has 0 radical (unpaired) electrons. The molecule has 1 aromatic carbocycles. The second-order valence-electron chi connectivity index (χ2n) is 6.84. The van der Waals surface area contributed by atoms with Gasteiger partial charge in [0.15, 0.2) is 5.78 Å². The van der Waals surface area contributed by atoms with E-state index in [1.54, 1.807) is 20.0 Å². The normalized spacial score (nSPS) is 19.6. The van der Waals surface area contributed by atoms with Crippen LogP contribution in [-0.4, -0.2) is 33.7 Å². The molecule has 142 valence electrons. The predicted octanol–water partition coefficient (Wildman–Crippen LogP) is 2.57. The molecule has 1 aliphatic rings. The molecule has 0 unspecified atom stereocenters. The summed E-state index contributed by atoms with van der Waals surface area (Å²) in [5.41, 5.74) is -0.0996. The summed E-state index contributed by atoms with van der Waals surface area (Å²) < 4.78 is 29.5. The lowest BCUT2D eigenvalue weighted by Gasteiger charge is -2.22. The van der Waals surface area contributed by atoms with Crippen molar-refractivity contribution in [2.24, 2.45) is 7.05 Å². The maximum atomic E-state index is 14.2. The molecule has 0 saturated carbocycles. The molecular formula is C19H19F2N3O3. The summed E-state index contributed by atoms with van der Waals surface area (Å²) in [5.74, 6) is -2.78. The van der Waals surface area contributed by atoms with Crippen LogP contribution in [0.2, 0.25) is 0 Å². The van der Waals surface area contributed by atoms with E-state index >= 15 is 0 Å². The monoisotopic (exact) mass is 375 g/mol. The van der Waals surface area contributed by atoms with Crippen LogP contribution in [0.15, 0.2) is 24.3 Å². The number of carbonyl (C=O) groups excluding carboxylic acids is 3. The minimum Gasteiger partial charge on any atom is -0.351 e. The number of Topliss-reactive ketones (excluding diaryl/α,β-unsaturated/α-hetero) is 1. The van der Waals surface area contributed by atoms with Gasteiger partial charge >= 0.3 is 6.03 Å². The minimum absolute atomic E-state index is 0.289. The van der Waals surface area contributed by atoms with Gasteiger partial charge in [-0.3, -0.25) is 14.5 Å². The number of aryl methyl sites for hydroxylation is 1. The molecule has 1 saturated heterocycles. The number of hydrogen-bond acceptors (Lipinski definition) is 3. The highest BCUT2D eigenvalue weighted by atomic mass is 19.1. The molecule has 0 bridgehead atoms. The average Bonchev–Trinajstić information content (AvgIpc) is 2.99. The summed E-state index contributed by atoms with van der Waals surface area (Å²) in [6.45, 7) is 4.40. The van der Waals surface area contributed by atoms with Crippen LogP contribution in [0.5, 0.6) is 0 Å². The highest BCUT2D eigenvalue weighted by Gasteiger charge is 2.51. The van der Waals surface area contributed by atoms with Crippen LogP contribution in [0.4, 0.5) is 13.6 Å². The van der Waals surface area contributed by atoms with Crippen molar-refractivity contribution >= 4 is 17.7 Å². The first-order valence-corrected chi connectivity index (χ1v) is 8.32. The fourth-order valence-corrected chi connectivity index (χ4v) is 3.27. The van der Waals surface area contributed by atoms with E-state index in [4.69, 9.17) is 0 Å². The molecule has 0 aliphatic carbocycles. The van der Waals surface area contributed by atoms with Gasteiger partial charge in [-0.2, -0.15) is 0 Å². The average molecular weight is 375 g/mol. The van der Waals surface area contributed by atoms with E-state index in [2.05, 4.69) is 5.32 Å². The van der Waals surface area contributed by atoms with Crippen LogP contribution in [0, 0.1) is 25.5 Å². The van der Waals surface area contributed by atoms with Crippen molar-refractivity contribution < 1.29 is 23.2 Å². The smallest absolute Gasteiger partial charge is 0.325 e. The molecule has 1 atom stereocenters. The van der Waals surface area contributed by atoms with Crippen molar-refractivity contribution in [1.82, 2.24) is 14.8 Å². The number of urea groups is 1. The van der Waals surface area contributed by atoms with E-state index in [0.717, 1.165) is 28.8 Å². The Bertz CT molecular complexity index is 983. The van der Waals surface area contributed by atoms with Gasteiger partial charge in [0.2, 0.25) is 0 Å². The molecular weight excluding hydrogens is 356 g/mol. The number of halogens is 2. The molecule has 8 heteroatoms. The second-order valence-corrected chi connectivity index (χ2v) is 6.84. The number of rotatable bonds is 4. The first-order valence-electron chi connectivity index (χ1n) is 8.32. The van der Waals surface area contributed by atoms with E-state index in [1.807, 2.05) is 11.5 Å². The van der Waals surface area contributed by atoms with Crippen molar-refractivity contribution in [2.45, 2.75) is 26.3 Å². The highest BCUT2D eigenvalue weighted by Crippen LogP contribution is 2.31. The Morgan fingerprint density at radius 1 is 1.19 bits per heavy atom. The van der Waals surface area contributed by atoms with Crippen molar-refractivity contribution in [3.05, 3.63) is 58.4 Å². The number of ketones is 1. The fraction of sp³-hybridized carbons (Fsp3) is 0.316. The van der Waals surface area contributed by atoms with Crippen LogP contribution in [0.1, 0.15) is 34.2 Å². The Hall–Kier alpha value is -3.03. The lowest BCUT2D eigenvalue weighted by molar-refractivity contribution is -0.130. The maximum Gasteiger partial charge on any atom is 0.325 e. The van der Waals surface area contributed by atoms with Crippen molar-refractivity contribution in [1.29, 1.82) is 0 Å². The van der Waals surface area contributed by atoms with E-state index in [0.29, 0.717) is 11.3 Å². The molecule has 6 nitrogen and oxygen atoms in total. The Morgan fingerprint density at radius 2 is 1.85 bits per heavy atom. The number of imide groups is 1. The van der Waals surface area contributed by atoms with Gasteiger partial charge in [-0.1, -0.05) is 0 Å². The third-order valence-electron chi connectivity index (χ3n) is 5.12. The van der Waals surface area contributed by atoms with Gasteiger partial charge in [0.25, 0.3) is 5.91 Å². The number of hydrogen-bond donors (Lipinski definition) is 1. The zero-order valence-electron chi connectivity index (χ0n) is 15.4. The molecule has 2 aromatic rings. The van der Waals surface area contributed by atoms with E-state index in [9.17, 15) is 23.2 Å². The number of aromatic nitrogens is 1. The van der Waals surface area contributed by atoms with Gasteiger partial charge in [0.05, 0.1) is 6.54 Å². The molecule has 3 rings (SSSR count). The quantitative estimate of drug-likeness (QED) is 0.660. The summed E-state index contributed by atoms with van der Waals surface area (Å²) in [6.07, 6.45) is 0. The van der Waals surface area contributed by atoms with Crippen molar-refractivity contribution in [3.63, 3.8) is 0 Å². The number of carbonyl (C=O) groups is 3. The van der Waals surface area contributed by atoms with Gasteiger partial charge in [0.1, 0.15) is 17.2 Å². The van der Waals surface area contributed by atoms with Gasteiger partial charge in [-0.05, 0) is 45.0 Å². The molecule has 0 spiro atoms. The van der Waals surface area contributed by atoms with E-state index in [1.165, 1.54) is 6.92 Å². The van der Waals surface area contributed by atoms with Crippen LogP contribution < -0.4 is 5.32 Å². The van der Waals surface area contributed by atoms with Crippen LogP contribution >= 0.6 is 0 Å². The topological polar surface area (TPSA) is 71.4 Å². The van der Waals surface area contributed by atoms with Crippen LogP contribution in [-0.2, 0) is 17.4 Å². The van der Waals surface area contributed by atoms with Crippen LogP contribution in [0.3, 0.4) is 0 Å². The van der Waals surface area contributed by atoms with Crippen LogP contribution in [0.25, 0.3) is 0 Å². The Morgan fingerprint density at radius 3 is 2.44 bits per heavy atom. The van der Waals surface area contributed by atoms with Gasteiger partial charge in [-0.25, -0.2) is 13.6 Å². The van der Waals surface area contributed by atoms with E-state index in [-0.39, 0.29) is 5.56 Å². The van der Waals surface area contributed by atoms with Gasteiger partial charge < -0.3 is 9.88 Å². The zero-order chi connectivity index (χ0) is 20.1. The molecule has 1 aliphatic heterocycles. The third kappa shape index (κ3) is 2.90. The minimum atomic E-state index is -1.79. The molecule has 27 heavy (non-hydrogen) atoms. The van der Waals surface area contributed by atoms with Crippen molar-refractivity contribution in [3.8, 4) is 0 Å². The number of nitrogens with one attached hydrogen (secondary N) is 1. The predicted molar refractivity (Wildman–Crippen MR) is 93.2 cm³/mol. The summed E-state index contributed by atoms with van der Waals surface area (Å²) in [4.78, 5) is 38.5. The standard InChI is InChI=1S/C19H19F2N3O3/c1-10-7-13(11(2)23(10)4)16(25)9-24-17(26)19(3,22-18(24)27)14-8-12(20)5-6-15(14)21/h5-8H,9H2,1-4H3,(H,22,27)/t19-/m1/s1. The first-order chi connectivity index (χ1) is 12.6. The van der Waals surface area contributed by atoms with E-state index < -0.39 is 41.4 Å². The Labute approximate surface area is 154 Å². The molecule has 3 amide bonds.